The fourth-order valence-corrected chi connectivity index (χ4v) is 3.37. The van der Waals surface area contributed by atoms with Crippen molar-refractivity contribution < 1.29 is 0 Å². The number of nitrogens with one attached hydrogen (secondary N) is 1. The molecular formula is C15H20N2S. The lowest BCUT2D eigenvalue weighted by molar-refractivity contribution is 0.587. The van der Waals surface area contributed by atoms with Gasteiger partial charge in [0.1, 0.15) is 0 Å². The van der Waals surface area contributed by atoms with Crippen LogP contribution >= 0.6 is 11.8 Å². The lowest BCUT2D eigenvalue weighted by Gasteiger charge is -2.32. The molecule has 1 heterocycles. The predicted octanol–water partition coefficient (Wildman–Crippen LogP) is 4.17. The molecule has 1 aromatic rings. The van der Waals surface area contributed by atoms with Gasteiger partial charge >= 0.3 is 0 Å². The third-order valence-corrected chi connectivity index (χ3v) is 4.45. The number of anilines is 1. The number of fused-ring (bicyclic) bond motifs is 1. The Bertz CT molecular complexity index is 468. The lowest BCUT2D eigenvalue weighted by Crippen LogP contribution is -2.28. The second-order valence-electron chi connectivity index (χ2n) is 5.78. The van der Waals surface area contributed by atoms with Crippen LogP contribution in [0.25, 0.3) is 0 Å². The standard InChI is InChI=1S/C15H20N2S/c1-15(2,3)12-7-4-8-13-14(12)17-11(10-18-13)6-5-9-16/h4,7-8,11,17H,5-6,10H2,1-3H3. The van der Waals surface area contributed by atoms with E-state index in [2.05, 4.69) is 50.4 Å². The minimum absolute atomic E-state index is 0.149. The summed E-state index contributed by atoms with van der Waals surface area (Å²) >= 11 is 1.91. The highest BCUT2D eigenvalue weighted by Crippen LogP contribution is 2.40. The van der Waals surface area contributed by atoms with Gasteiger partial charge in [0.15, 0.2) is 0 Å². The molecule has 2 rings (SSSR count). The van der Waals surface area contributed by atoms with Gasteiger partial charge in [-0.1, -0.05) is 32.9 Å². The van der Waals surface area contributed by atoms with Crippen molar-refractivity contribution in [1.29, 1.82) is 5.26 Å². The molecule has 0 amide bonds. The molecule has 0 fully saturated rings. The Morgan fingerprint density at radius 3 is 2.89 bits per heavy atom. The zero-order chi connectivity index (χ0) is 13.2. The van der Waals surface area contributed by atoms with Crippen LogP contribution in [0.1, 0.15) is 39.2 Å². The second kappa shape index (κ2) is 5.24. The van der Waals surface area contributed by atoms with Gasteiger partial charge in [0.2, 0.25) is 0 Å². The number of hydrogen-bond donors (Lipinski definition) is 1. The predicted molar refractivity (Wildman–Crippen MR) is 78.1 cm³/mol. The highest BCUT2D eigenvalue weighted by atomic mass is 32.2. The first-order valence-corrected chi connectivity index (χ1v) is 7.40. The molecule has 0 aliphatic carbocycles. The van der Waals surface area contributed by atoms with Gasteiger partial charge in [-0.25, -0.2) is 0 Å². The normalized spacial score (nSPS) is 18.7. The Morgan fingerprint density at radius 1 is 1.44 bits per heavy atom. The first-order chi connectivity index (χ1) is 8.52. The summed E-state index contributed by atoms with van der Waals surface area (Å²) in [6.45, 7) is 6.73. The number of benzene rings is 1. The van der Waals surface area contributed by atoms with E-state index in [1.165, 1.54) is 16.1 Å². The van der Waals surface area contributed by atoms with Crippen molar-refractivity contribution in [3.63, 3.8) is 0 Å². The zero-order valence-corrected chi connectivity index (χ0v) is 12.1. The van der Waals surface area contributed by atoms with E-state index >= 15 is 0 Å². The van der Waals surface area contributed by atoms with Gasteiger partial charge in [0.25, 0.3) is 0 Å². The summed E-state index contributed by atoms with van der Waals surface area (Å²) in [7, 11) is 0. The van der Waals surface area contributed by atoms with Crippen molar-refractivity contribution in [2.24, 2.45) is 0 Å². The molecule has 0 saturated heterocycles. The summed E-state index contributed by atoms with van der Waals surface area (Å²) in [6, 6.07) is 9.19. The molecule has 1 N–H and O–H groups in total. The summed E-state index contributed by atoms with van der Waals surface area (Å²) in [4.78, 5) is 1.34. The molecule has 0 radical (unpaired) electrons. The number of nitriles is 1. The van der Waals surface area contributed by atoms with Crippen molar-refractivity contribution in [3.05, 3.63) is 23.8 Å². The molecule has 0 aromatic heterocycles. The van der Waals surface area contributed by atoms with Crippen LogP contribution in [0, 0.1) is 11.3 Å². The SMILES string of the molecule is CC(C)(C)c1cccc2c1NC(CCC#N)CS2. The van der Waals surface area contributed by atoms with Crippen LogP contribution in [0.15, 0.2) is 23.1 Å². The Hall–Kier alpha value is -1.14. The third kappa shape index (κ3) is 2.81. The summed E-state index contributed by atoms with van der Waals surface area (Å²) in [5, 5.41) is 12.3. The lowest BCUT2D eigenvalue weighted by atomic mass is 9.85. The Balaban J connectivity index is 2.27. The molecule has 96 valence electrons. The van der Waals surface area contributed by atoms with Crippen LogP contribution in [-0.2, 0) is 5.41 Å². The molecule has 1 aliphatic heterocycles. The molecular weight excluding hydrogens is 240 g/mol. The van der Waals surface area contributed by atoms with Gasteiger partial charge < -0.3 is 5.32 Å². The average molecular weight is 260 g/mol. The van der Waals surface area contributed by atoms with Crippen LogP contribution in [0.2, 0.25) is 0 Å². The highest BCUT2D eigenvalue weighted by Gasteiger charge is 2.25. The van der Waals surface area contributed by atoms with Crippen LogP contribution in [0.5, 0.6) is 0 Å². The summed E-state index contributed by atoms with van der Waals surface area (Å²) in [5.74, 6) is 1.06. The van der Waals surface area contributed by atoms with Crippen LogP contribution < -0.4 is 5.32 Å². The molecule has 3 heteroatoms. The van der Waals surface area contributed by atoms with E-state index in [0.717, 1.165) is 12.2 Å². The first kappa shape index (κ1) is 13.3. The van der Waals surface area contributed by atoms with Gasteiger partial charge in [-0.05, 0) is 23.5 Å². The van der Waals surface area contributed by atoms with Crippen LogP contribution in [0.3, 0.4) is 0 Å². The van der Waals surface area contributed by atoms with Gasteiger partial charge in [-0.15, -0.1) is 11.8 Å². The van der Waals surface area contributed by atoms with E-state index in [-0.39, 0.29) is 5.41 Å². The fourth-order valence-electron chi connectivity index (χ4n) is 2.26. The molecule has 0 bridgehead atoms. The quantitative estimate of drug-likeness (QED) is 0.866. The monoisotopic (exact) mass is 260 g/mol. The largest absolute Gasteiger partial charge is 0.380 e. The maximum atomic E-state index is 8.69. The Kier molecular flexibility index (Phi) is 3.87. The topological polar surface area (TPSA) is 35.8 Å². The van der Waals surface area contributed by atoms with Crippen molar-refractivity contribution in [1.82, 2.24) is 0 Å². The number of thioether (sulfide) groups is 1. The minimum atomic E-state index is 0.149. The summed E-state index contributed by atoms with van der Waals surface area (Å²) in [5.41, 5.74) is 2.80. The van der Waals surface area contributed by atoms with Gasteiger partial charge in [0, 0.05) is 23.1 Å². The van der Waals surface area contributed by atoms with E-state index < -0.39 is 0 Å². The zero-order valence-electron chi connectivity index (χ0n) is 11.3. The van der Waals surface area contributed by atoms with Crippen LogP contribution in [0.4, 0.5) is 5.69 Å². The molecule has 18 heavy (non-hydrogen) atoms. The maximum absolute atomic E-state index is 8.69. The minimum Gasteiger partial charge on any atom is -0.380 e. The second-order valence-corrected chi connectivity index (χ2v) is 6.84. The molecule has 1 aliphatic rings. The number of rotatable bonds is 2. The van der Waals surface area contributed by atoms with Gasteiger partial charge in [-0.3, -0.25) is 0 Å². The summed E-state index contributed by atoms with van der Waals surface area (Å²) < 4.78 is 0. The van der Waals surface area contributed by atoms with Crippen molar-refractivity contribution in [2.75, 3.05) is 11.1 Å². The molecule has 1 atom stereocenters. The van der Waals surface area contributed by atoms with Gasteiger partial charge in [0.05, 0.1) is 11.8 Å². The Labute approximate surface area is 114 Å². The van der Waals surface area contributed by atoms with Crippen molar-refractivity contribution in [3.8, 4) is 6.07 Å². The van der Waals surface area contributed by atoms with Crippen molar-refractivity contribution >= 4 is 17.4 Å². The number of hydrogen-bond acceptors (Lipinski definition) is 3. The fraction of sp³-hybridized carbons (Fsp3) is 0.533. The van der Waals surface area contributed by atoms with Crippen LogP contribution in [-0.4, -0.2) is 11.8 Å². The third-order valence-electron chi connectivity index (χ3n) is 3.23. The van der Waals surface area contributed by atoms with E-state index in [0.29, 0.717) is 12.5 Å². The van der Waals surface area contributed by atoms with E-state index in [4.69, 9.17) is 5.26 Å². The summed E-state index contributed by atoms with van der Waals surface area (Å²) in [6.07, 6.45) is 1.56. The van der Waals surface area contributed by atoms with Crippen molar-refractivity contribution in [2.45, 2.75) is 50.0 Å². The first-order valence-electron chi connectivity index (χ1n) is 6.42. The highest BCUT2D eigenvalue weighted by molar-refractivity contribution is 7.99. The van der Waals surface area contributed by atoms with E-state index in [9.17, 15) is 0 Å². The molecule has 2 nitrogen and oxygen atoms in total. The average Bonchev–Trinajstić information content (AvgIpc) is 2.34. The molecule has 0 saturated carbocycles. The van der Waals surface area contributed by atoms with Gasteiger partial charge in [-0.2, -0.15) is 5.26 Å². The Morgan fingerprint density at radius 2 is 2.22 bits per heavy atom. The van der Waals surface area contributed by atoms with E-state index in [1.807, 2.05) is 11.8 Å². The molecule has 1 unspecified atom stereocenters. The smallest absolute Gasteiger partial charge is 0.0622 e. The maximum Gasteiger partial charge on any atom is 0.0622 e. The molecule has 1 aromatic carbocycles. The van der Waals surface area contributed by atoms with E-state index in [1.54, 1.807) is 0 Å². The number of para-hydroxylation sites is 1. The molecule has 0 spiro atoms. The number of nitrogens with zero attached hydrogens (tertiary/aromatic N) is 1.